The molecule has 2 aliphatic carbocycles. The van der Waals surface area contributed by atoms with Gasteiger partial charge in [-0.25, -0.2) is 0 Å². The molecule has 0 N–H and O–H groups in total. The summed E-state index contributed by atoms with van der Waals surface area (Å²) in [5.74, 6) is 1.21. The van der Waals surface area contributed by atoms with E-state index in [1.807, 2.05) is 0 Å². The first-order valence-electron chi connectivity index (χ1n) is 6.81. The molecule has 0 heterocycles. The molecule has 2 unspecified atom stereocenters. The Kier molecular flexibility index (Phi) is 8.59. The summed E-state index contributed by atoms with van der Waals surface area (Å²) < 4.78 is 3.04. The fourth-order valence-corrected chi connectivity index (χ4v) is 5.80. The average Bonchev–Trinajstić information content (AvgIpc) is 2.66. The molecule has 0 saturated carbocycles. The zero-order chi connectivity index (χ0) is 14.0. The Labute approximate surface area is 153 Å². The van der Waals surface area contributed by atoms with Gasteiger partial charge in [-0.05, 0) is 0 Å². The van der Waals surface area contributed by atoms with Gasteiger partial charge in [0, 0.05) is 0 Å². The molecule has 0 nitrogen and oxygen atoms in total. The SMILES string of the molecule is CC1=C(C)C(C)[C-]=[C]1[GeH3].CC1=C(C)C(C)[C-]=[C]1[GeH3].[H-].[H-].[Ti+2]. The van der Waals surface area contributed by atoms with Gasteiger partial charge in [0.25, 0.3) is 0 Å². The molecule has 0 aliphatic heterocycles. The zero-order valence-electron chi connectivity index (χ0n) is 15.7. The van der Waals surface area contributed by atoms with Gasteiger partial charge < -0.3 is 2.85 Å². The molecule has 0 aromatic rings. The maximum atomic E-state index is 3.44. The van der Waals surface area contributed by atoms with Crippen LogP contribution in [0.25, 0.3) is 0 Å². The number of hydrogen-bond donors (Lipinski definition) is 0. The van der Waals surface area contributed by atoms with Gasteiger partial charge in [0.05, 0.1) is 0 Å². The van der Waals surface area contributed by atoms with Crippen LogP contribution >= 0.6 is 0 Å². The third-order valence-corrected chi connectivity index (χ3v) is 8.83. The summed E-state index contributed by atoms with van der Waals surface area (Å²) in [7, 11) is 0. The first-order chi connectivity index (χ1) is 8.25. The van der Waals surface area contributed by atoms with Crippen molar-refractivity contribution in [1.29, 1.82) is 0 Å². The summed E-state index contributed by atoms with van der Waals surface area (Å²) in [6, 6.07) is 0. The van der Waals surface area contributed by atoms with Crippen molar-refractivity contribution in [2.24, 2.45) is 11.8 Å². The van der Waals surface area contributed by atoms with Crippen LogP contribution in [0, 0.1) is 24.0 Å². The largest absolute Gasteiger partial charge is 2.00 e. The van der Waals surface area contributed by atoms with Gasteiger partial charge in [0.15, 0.2) is 0 Å². The molecule has 0 radical (unpaired) electrons. The van der Waals surface area contributed by atoms with Crippen molar-refractivity contribution in [1.82, 2.24) is 0 Å². The molecule has 0 spiro atoms. The molecule has 19 heavy (non-hydrogen) atoms. The van der Waals surface area contributed by atoms with Crippen LogP contribution in [0.2, 0.25) is 0 Å². The minimum absolute atomic E-state index is 0. The Bertz CT molecular complexity index is 433. The molecule has 0 aromatic carbocycles. The van der Waals surface area contributed by atoms with Gasteiger partial charge >= 0.3 is 151 Å². The molecule has 0 fully saturated rings. The Balaban J connectivity index is -0.000000270. The molecule has 106 valence electrons. The molecule has 2 aliphatic rings. The maximum Gasteiger partial charge on any atom is 2.00 e. The topological polar surface area (TPSA) is 0 Å². The summed E-state index contributed by atoms with van der Waals surface area (Å²) in [6.07, 6.45) is 6.88. The second kappa shape index (κ2) is 8.26. The third-order valence-electron chi connectivity index (χ3n) is 4.47. The van der Waals surface area contributed by atoms with Crippen molar-refractivity contribution in [2.45, 2.75) is 41.5 Å². The zero-order valence-corrected chi connectivity index (χ0v) is 23.6. The summed E-state index contributed by atoms with van der Waals surface area (Å²) in [5.41, 5.74) is 6.08. The van der Waals surface area contributed by atoms with E-state index >= 15 is 0 Å². The van der Waals surface area contributed by atoms with Gasteiger partial charge in [-0.3, -0.25) is 0 Å². The van der Waals surface area contributed by atoms with Gasteiger partial charge in [-0.15, -0.1) is 0 Å². The number of hydrogen-bond acceptors (Lipinski definition) is 0. The first-order valence-corrected chi connectivity index (χ1v) is 11.0. The van der Waals surface area contributed by atoms with Crippen molar-refractivity contribution >= 4 is 33.0 Å². The molecule has 0 aromatic heterocycles. The molecule has 0 bridgehead atoms. The van der Waals surface area contributed by atoms with Crippen LogP contribution in [0.15, 0.2) is 31.1 Å². The predicted molar refractivity (Wildman–Crippen MR) is 90.7 cm³/mol. The van der Waals surface area contributed by atoms with Crippen molar-refractivity contribution in [3.8, 4) is 0 Å². The quantitative estimate of drug-likeness (QED) is 0.422. The molecule has 0 saturated heterocycles. The van der Waals surface area contributed by atoms with E-state index in [0.717, 1.165) is 33.0 Å². The van der Waals surface area contributed by atoms with Crippen LogP contribution in [0.4, 0.5) is 0 Å². The number of allylic oxidation sites excluding steroid dienone is 8. The van der Waals surface area contributed by atoms with Gasteiger partial charge in [-0.2, -0.15) is 0 Å². The first kappa shape index (κ1) is 19.8. The fraction of sp³-hybridized carbons (Fsp3) is 0.500. The molecule has 2 atom stereocenters. The minimum Gasteiger partial charge on any atom is -1.00 e. The third kappa shape index (κ3) is 4.91. The van der Waals surface area contributed by atoms with Crippen LogP contribution in [-0.2, 0) is 21.7 Å². The van der Waals surface area contributed by atoms with Crippen LogP contribution in [0.1, 0.15) is 44.4 Å². The summed E-state index contributed by atoms with van der Waals surface area (Å²) in [5, 5.41) is 0. The second-order valence-electron chi connectivity index (χ2n) is 5.60. The van der Waals surface area contributed by atoms with Crippen LogP contribution < -0.4 is 0 Å². The number of rotatable bonds is 0. The standard InChI is InChI=1S/2C8H13Ge.Ti.2H/c2*1-5-4-8(9)7(3)6(5)2;;;/h2*5H,1-3,9H3;;;/q2*-1;+2;2*-1. The van der Waals surface area contributed by atoms with E-state index in [9.17, 15) is 0 Å². The Morgan fingerprint density at radius 1 is 0.789 bits per heavy atom. The Hall–Kier alpha value is 0.760. The molecule has 2 rings (SSSR count). The Morgan fingerprint density at radius 2 is 1.05 bits per heavy atom. The summed E-state index contributed by atoms with van der Waals surface area (Å²) >= 11 is 1.65. The molecule has 0 amide bonds. The summed E-state index contributed by atoms with van der Waals surface area (Å²) in [4.78, 5) is 0. The van der Waals surface area contributed by atoms with Crippen LogP contribution in [0.3, 0.4) is 0 Å². The van der Waals surface area contributed by atoms with Crippen molar-refractivity contribution in [2.75, 3.05) is 0 Å². The van der Waals surface area contributed by atoms with E-state index in [2.05, 4.69) is 53.7 Å². The van der Waals surface area contributed by atoms with Crippen molar-refractivity contribution in [3.05, 3.63) is 43.3 Å². The Morgan fingerprint density at radius 3 is 1.11 bits per heavy atom. The van der Waals surface area contributed by atoms with Crippen molar-refractivity contribution < 1.29 is 24.6 Å². The van der Waals surface area contributed by atoms with E-state index in [4.69, 9.17) is 0 Å². The molecular weight excluding hydrogens is 385 g/mol. The van der Waals surface area contributed by atoms with Gasteiger partial charge in [0.2, 0.25) is 0 Å². The predicted octanol–water partition coefficient (Wildman–Crippen LogP) is 2.27. The van der Waals surface area contributed by atoms with E-state index in [0.29, 0.717) is 11.8 Å². The smallest absolute Gasteiger partial charge is 1.00 e. The van der Waals surface area contributed by atoms with Crippen LogP contribution in [-0.4, -0.2) is 33.0 Å². The van der Waals surface area contributed by atoms with Crippen LogP contribution in [0.5, 0.6) is 0 Å². The van der Waals surface area contributed by atoms with E-state index < -0.39 is 0 Å². The second-order valence-corrected chi connectivity index (χ2v) is 9.79. The van der Waals surface area contributed by atoms with E-state index in [1.54, 1.807) is 0 Å². The molecular formula is C16H28Ge2Ti-2. The maximum absolute atomic E-state index is 3.44. The average molecular weight is 413 g/mol. The molecule has 3 heteroatoms. The van der Waals surface area contributed by atoms with E-state index in [-0.39, 0.29) is 24.6 Å². The summed E-state index contributed by atoms with van der Waals surface area (Å²) in [6.45, 7) is 13.3. The van der Waals surface area contributed by atoms with E-state index in [1.165, 1.54) is 31.1 Å². The monoisotopic (exact) mass is 416 g/mol. The van der Waals surface area contributed by atoms with Crippen molar-refractivity contribution in [3.63, 3.8) is 0 Å². The van der Waals surface area contributed by atoms with Gasteiger partial charge in [-0.1, -0.05) is 0 Å². The fourth-order valence-electron chi connectivity index (χ4n) is 2.32. The normalized spacial score (nSPS) is 26.0. The minimum atomic E-state index is 0. The van der Waals surface area contributed by atoms with Gasteiger partial charge in [0.1, 0.15) is 0 Å².